The van der Waals surface area contributed by atoms with Crippen LogP contribution in [0.25, 0.3) is 0 Å². The lowest BCUT2D eigenvalue weighted by molar-refractivity contribution is 0.307. The third-order valence-corrected chi connectivity index (χ3v) is 3.94. The van der Waals surface area contributed by atoms with Gasteiger partial charge in [-0.2, -0.15) is 8.42 Å². The molecule has 0 aliphatic heterocycles. The molecule has 1 aromatic carbocycles. The lowest BCUT2D eigenvalue weighted by Crippen LogP contribution is -2.06. The molecule has 0 radical (unpaired) electrons. The van der Waals surface area contributed by atoms with E-state index in [2.05, 4.69) is 4.98 Å². The molecular formula is C13H12ClNO3S. The summed E-state index contributed by atoms with van der Waals surface area (Å²) >= 11 is 5.76. The van der Waals surface area contributed by atoms with Crippen molar-refractivity contribution < 1.29 is 12.6 Å². The molecular weight excluding hydrogens is 286 g/mol. The second kappa shape index (κ2) is 5.69. The minimum Gasteiger partial charge on any atom is -0.263 e. The van der Waals surface area contributed by atoms with Crippen LogP contribution in [0.2, 0.25) is 5.02 Å². The Hall–Kier alpha value is -1.43. The number of aryl methyl sites for hydroxylation is 1. The van der Waals surface area contributed by atoms with Gasteiger partial charge in [0.1, 0.15) is 0 Å². The number of nitrogens with zero attached hydrogens (tertiary/aromatic N) is 1. The molecule has 0 saturated heterocycles. The third-order valence-electron chi connectivity index (χ3n) is 2.45. The van der Waals surface area contributed by atoms with E-state index >= 15 is 0 Å². The summed E-state index contributed by atoms with van der Waals surface area (Å²) in [7, 11) is -3.76. The molecule has 0 atom stereocenters. The Balaban J connectivity index is 2.12. The van der Waals surface area contributed by atoms with Crippen LogP contribution < -0.4 is 0 Å². The van der Waals surface area contributed by atoms with Crippen LogP contribution in [0.4, 0.5) is 0 Å². The highest BCUT2D eigenvalue weighted by Crippen LogP contribution is 2.16. The number of hydrogen-bond acceptors (Lipinski definition) is 4. The lowest BCUT2D eigenvalue weighted by atomic mass is 10.2. The van der Waals surface area contributed by atoms with Crippen LogP contribution >= 0.6 is 11.6 Å². The van der Waals surface area contributed by atoms with Gasteiger partial charge in [0.15, 0.2) is 0 Å². The first kappa shape index (κ1) is 14.0. The van der Waals surface area contributed by atoms with Crippen LogP contribution in [0.3, 0.4) is 0 Å². The highest BCUT2D eigenvalue weighted by molar-refractivity contribution is 7.86. The molecule has 6 heteroatoms. The number of halogens is 1. The zero-order valence-corrected chi connectivity index (χ0v) is 11.8. The fourth-order valence-electron chi connectivity index (χ4n) is 1.45. The van der Waals surface area contributed by atoms with Crippen molar-refractivity contribution in [3.05, 3.63) is 58.9 Å². The first-order valence-corrected chi connectivity index (χ1v) is 7.31. The molecule has 1 aromatic heterocycles. The van der Waals surface area contributed by atoms with Crippen molar-refractivity contribution in [2.24, 2.45) is 0 Å². The first-order chi connectivity index (χ1) is 8.97. The van der Waals surface area contributed by atoms with Crippen LogP contribution in [-0.4, -0.2) is 13.4 Å². The van der Waals surface area contributed by atoms with Crippen molar-refractivity contribution in [3.63, 3.8) is 0 Å². The van der Waals surface area contributed by atoms with Crippen LogP contribution in [0, 0.1) is 6.92 Å². The average Bonchev–Trinajstić information content (AvgIpc) is 2.37. The van der Waals surface area contributed by atoms with Gasteiger partial charge in [0.2, 0.25) is 0 Å². The van der Waals surface area contributed by atoms with E-state index in [4.69, 9.17) is 15.8 Å². The maximum atomic E-state index is 11.9. The fraction of sp³-hybridized carbons (Fsp3) is 0.154. The third kappa shape index (κ3) is 3.76. The number of benzene rings is 1. The van der Waals surface area contributed by atoms with Crippen molar-refractivity contribution in [2.45, 2.75) is 18.4 Å². The molecule has 0 amide bonds. The van der Waals surface area contributed by atoms with E-state index in [-0.39, 0.29) is 11.5 Å². The van der Waals surface area contributed by atoms with Crippen LogP contribution in [0.5, 0.6) is 0 Å². The second-order valence-electron chi connectivity index (χ2n) is 4.04. The Morgan fingerprint density at radius 1 is 1.21 bits per heavy atom. The van der Waals surface area contributed by atoms with Gasteiger partial charge < -0.3 is 0 Å². The van der Waals surface area contributed by atoms with E-state index in [9.17, 15) is 8.42 Å². The Morgan fingerprint density at radius 3 is 2.53 bits per heavy atom. The van der Waals surface area contributed by atoms with Gasteiger partial charge >= 0.3 is 0 Å². The van der Waals surface area contributed by atoms with Gasteiger partial charge in [-0.15, -0.1) is 0 Å². The molecule has 0 N–H and O–H groups in total. The molecule has 0 aliphatic rings. The van der Waals surface area contributed by atoms with Crippen molar-refractivity contribution in [3.8, 4) is 0 Å². The van der Waals surface area contributed by atoms with Gasteiger partial charge in [-0.1, -0.05) is 29.3 Å². The summed E-state index contributed by atoms with van der Waals surface area (Å²) in [5.41, 5.74) is 1.58. The van der Waals surface area contributed by atoms with E-state index in [0.29, 0.717) is 10.6 Å². The minimum absolute atomic E-state index is 0.0935. The predicted molar refractivity (Wildman–Crippen MR) is 72.4 cm³/mol. The van der Waals surface area contributed by atoms with Gasteiger partial charge in [0, 0.05) is 12.4 Å². The maximum Gasteiger partial charge on any atom is 0.297 e. The Kier molecular flexibility index (Phi) is 4.19. The van der Waals surface area contributed by atoms with Crippen molar-refractivity contribution in [1.29, 1.82) is 0 Å². The highest BCUT2D eigenvalue weighted by Gasteiger charge is 2.15. The summed E-state index contributed by atoms with van der Waals surface area (Å²) in [6, 6.07) is 8.08. The Morgan fingerprint density at radius 2 is 1.89 bits per heavy atom. The standard InChI is InChI=1S/C13H12ClNO3S/c1-10-2-4-13(5-3-10)19(16,17)18-9-11-6-12(14)8-15-7-11/h2-8H,9H2,1H3. The van der Waals surface area contributed by atoms with Gasteiger partial charge in [-0.3, -0.25) is 9.17 Å². The van der Waals surface area contributed by atoms with E-state index in [1.165, 1.54) is 24.5 Å². The number of aromatic nitrogens is 1. The predicted octanol–water partition coefficient (Wildman–Crippen LogP) is 2.95. The molecule has 0 saturated carbocycles. The van der Waals surface area contributed by atoms with Crippen LogP contribution in [-0.2, 0) is 20.9 Å². The Bertz CT molecular complexity index is 669. The van der Waals surface area contributed by atoms with Crippen LogP contribution in [0.1, 0.15) is 11.1 Å². The minimum atomic E-state index is -3.76. The smallest absolute Gasteiger partial charge is 0.263 e. The monoisotopic (exact) mass is 297 g/mol. The summed E-state index contributed by atoms with van der Waals surface area (Å²) in [6.45, 7) is 1.79. The van der Waals surface area contributed by atoms with Gasteiger partial charge in [-0.05, 0) is 30.7 Å². The second-order valence-corrected chi connectivity index (χ2v) is 6.09. The normalized spacial score (nSPS) is 11.5. The molecule has 0 unspecified atom stereocenters. The zero-order chi connectivity index (χ0) is 13.9. The average molecular weight is 298 g/mol. The number of rotatable bonds is 4. The van der Waals surface area contributed by atoms with Gasteiger partial charge in [0.25, 0.3) is 10.1 Å². The van der Waals surface area contributed by atoms with Crippen molar-refractivity contribution in [2.75, 3.05) is 0 Å². The molecule has 2 aromatic rings. The largest absolute Gasteiger partial charge is 0.297 e. The Labute approximate surface area is 117 Å². The van der Waals surface area contributed by atoms with E-state index in [0.717, 1.165) is 5.56 Å². The van der Waals surface area contributed by atoms with Gasteiger partial charge in [0.05, 0.1) is 16.5 Å². The first-order valence-electron chi connectivity index (χ1n) is 5.53. The zero-order valence-electron chi connectivity index (χ0n) is 10.2. The number of hydrogen-bond donors (Lipinski definition) is 0. The molecule has 0 bridgehead atoms. The molecule has 4 nitrogen and oxygen atoms in total. The van der Waals surface area contributed by atoms with Crippen LogP contribution in [0.15, 0.2) is 47.6 Å². The SMILES string of the molecule is Cc1ccc(S(=O)(=O)OCc2cncc(Cl)c2)cc1. The summed E-state index contributed by atoms with van der Waals surface area (Å²) in [4.78, 5) is 3.99. The summed E-state index contributed by atoms with van der Waals surface area (Å²) < 4.78 is 28.8. The summed E-state index contributed by atoms with van der Waals surface area (Å²) in [5, 5.41) is 0.439. The van der Waals surface area contributed by atoms with E-state index in [1.54, 1.807) is 18.2 Å². The molecule has 0 fully saturated rings. The topological polar surface area (TPSA) is 56.3 Å². The molecule has 2 rings (SSSR count). The maximum absolute atomic E-state index is 11.9. The molecule has 1 heterocycles. The molecule has 19 heavy (non-hydrogen) atoms. The summed E-state index contributed by atoms with van der Waals surface area (Å²) in [6.07, 6.45) is 2.98. The van der Waals surface area contributed by atoms with Gasteiger partial charge in [-0.25, -0.2) is 0 Å². The van der Waals surface area contributed by atoms with E-state index in [1.807, 2.05) is 6.92 Å². The quantitative estimate of drug-likeness (QED) is 0.814. The molecule has 0 spiro atoms. The molecule has 0 aliphatic carbocycles. The lowest BCUT2D eigenvalue weighted by Gasteiger charge is -2.06. The molecule has 100 valence electrons. The summed E-state index contributed by atoms with van der Waals surface area (Å²) in [5.74, 6) is 0. The highest BCUT2D eigenvalue weighted by atomic mass is 35.5. The fourth-order valence-corrected chi connectivity index (χ4v) is 2.55. The number of pyridine rings is 1. The van der Waals surface area contributed by atoms with Crippen molar-refractivity contribution in [1.82, 2.24) is 4.98 Å². The van der Waals surface area contributed by atoms with Crippen molar-refractivity contribution >= 4 is 21.7 Å². The van der Waals surface area contributed by atoms with E-state index < -0.39 is 10.1 Å².